The number of ketones is 1. The molecule has 0 aromatic heterocycles. The molecule has 0 unspecified atom stereocenters. The monoisotopic (exact) mass is 235 g/mol. The zero-order valence-electron chi connectivity index (χ0n) is 10.6. The average molecular weight is 235 g/mol. The predicted molar refractivity (Wildman–Crippen MR) is 79.4 cm³/mol. The van der Waals surface area contributed by atoms with Gasteiger partial charge < -0.3 is 0 Å². The Morgan fingerprint density at radius 3 is 2.28 bits per heavy atom. The Morgan fingerprint density at radius 2 is 1.78 bits per heavy atom. The van der Waals surface area contributed by atoms with Gasteiger partial charge in [0.15, 0.2) is 13.1 Å². The summed E-state index contributed by atoms with van der Waals surface area (Å²) in [6, 6.07) is 0. The minimum atomic E-state index is -0.0153. The third-order valence-corrected chi connectivity index (χ3v) is 2.56. The van der Waals surface area contributed by atoms with Crippen molar-refractivity contribution in [2.45, 2.75) is 6.92 Å². The molecule has 0 fully saturated rings. The van der Waals surface area contributed by atoms with Gasteiger partial charge in [-0.25, -0.2) is 0 Å². The lowest BCUT2D eigenvalue weighted by molar-refractivity contribution is -0.111. The van der Waals surface area contributed by atoms with E-state index in [1.807, 2.05) is 26.4 Å². The minimum Gasteiger partial charge on any atom is -0.289 e. The number of hydrogen-bond acceptors (Lipinski definition) is 1. The Morgan fingerprint density at radius 1 is 1.11 bits per heavy atom. The van der Waals surface area contributed by atoms with Crippen LogP contribution in [0, 0.1) is 0 Å². The predicted octanol–water partition coefficient (Wildman–Crippen LogP) is 3.47. The number of carbonyl (C=O) groups excluding carboxylic acids is 1. The molecular formula is C16H16BO. The van der Waals surface area contributed by atoms with Gasteiger partial charge in [-0.05, 0) is 6.92 Å². The molecule has 1 aliphatic heterocycles. The second-order valence-electron chi connectivity index (χ2n) is 3.72. The molecule has 0 atom stereocenters. The molecule has 0 aromatic rings. The highest BCUT2D eigenvalue weighted by atomic mass is 16.1. The van der Waals surface area contributed by atoms with Gasteiger partial charge in [-0.3, -0.25) is 4.79 Å². The fourth-order valence-electron chi connectivity index (χ4n) is 1.79. The SMILES string of the molecule is C=C/C=C1/[B]C(C=C)=C(/C=C\C)C(=O)/C1=C/C=C. The second kappa shape index (κ2) is 6.60. The summed E-state index contributed by atoms with van der Waals surface area (Å²) in [6.07, 6.45) is 12.1. The summed E-state index contributed by atoms with van der Waals surface area (Å²) in [5.41, 5.74) is 2.94. The number of hydrogen-bond donors (Lipinski definition) is 0. The van der Waals surface area contributed by atoms with Gasteiger partial charge in [0.1, 0.15) is 0 Å². The van der Waals surface area contributed by atoms with Crippen LogP contribution in [0.4, 0.5) is 0 Å². The van der Waals surface area contributed by atoms with Crippen LogP contribution in [0.2, 0.25) is 0 Å². The van der Waals surface area contributed by atoms with Gasteiger partial charge in [0, 0.05) is 11.1 Å². The van der Waals surface area contributed by atoms with E-state index in [9.17, 15) is 4.79 Å². The van der Waals surface area contributed by atoms with Crippen LogP contribution in [0.25, 0.3) is 0 Å². The molecule has 18 heavy (non-hydrogen) atoms. The summed E-state index contributed by atoms with van der Waals surface area (Å²) in [6.45, 7) is 12.9. The quantitative estimate of drug-likeness (QED) is 0.538. The maximum absolute atomic E-state index is 12.4. The third kappa shape index (κ3) is 2.78. The number of allylic oxidation sites excluding steroid dienone is 11. The van der Waals surface area contributed by atoms with Crippen LogP contribution >= 0.6 is 0 Å². The van der Waals surface area contributed by atoms with Gasteiger partial charge in [0.05, 0.1) is 0 Å². The topological polar surface area (TPSA) is 17.1 Å². The Balaban J connectivity index is 3.45. The summed E-state index contributed by atoms with van der Waals surface area (Å²) in [4.78, 5) is 12.4. The van der Waals surface area contributed by atoms with E-state index in [0.717, 1.165) is 10.9 Å². The van der Waals surface area contributed by atoms with Gasteiger partial charge in [0.25, 0.3) is 0 Å². The molecular weight excluding hydrogens is 219 g/mol. The summed E-state index contributed by atoms with van der Waals surface area (Å²) in [7, 11) is 1.93. The average Bonchev–Trinajstić information content (AvgIpc) is 2.37. The first-order valence-corrected chi connectivity index (χ1v) is 5.74. The molecule has 0 N–H and O–H groups in total. The van der Waals surface area contributed by atoms with Crippen molar-refractivity contribution in [1.82, 2.24) is 0 Å². The number of carbonyl (C=O) groups is 1. The molecule has 0 saturated carbocycles. The molecule has 0 saturated heterocycles. The van der Waals surface area contributed by atoms with Crippen LogP contribution in [0.1, 0.15) is 6.92 Å². The standard InChI is InChI=1S/C16H16BO/c1-5-9-12-14(8-4)17-15(11-7-3)13(10-6-2)16(12)18/h5-11H,2-4H2,1H3/b9-5-,13-10+,15-11+. The molecule has 1 rings (SSSR count). The van der Waals surface area contributed by atoms with E-state index >= 15 is 0 Å². The largest absolute Gasteiger partial charge is 0.289 e. The van der Waals surface area contributed by atoms with Crippen molar-refractivity contribution in [2.24, 2.45) is 0 Å². The van der Waals surface area contributed by atoms with Crippen LogP contribution < -0.4 is 0 Å². The first-order chi connectivity index (χ1) is 8.69. The van der Waals surface area contributed by atoms with Crippen molar-refractivity contribution in [1.29, 1.82) is 0 Å². The van der Waals surface area contributed by atoms with Crippen molar-refractivity contribution in [3.05, 3.63) is 84.4 Å². The van der Waals surface area contributed by atoms with Crippen LogP contribution in [-0.2, 0) is 4.79 Å². The van der Waals surface area contributed by atoms with E-state index in [2.05, 4.69) is 19.7 Å². The van der Waals surface area contributed by atoms with Crippen LogP contribution in [-0.4, -0.2) is 13.1 Å². The highest BCUT2D eigenvalue weighted by Gasteiger charge is 2.25. The fourth-order valence-corrected chi connectivity index (χ4v) is 1.79. The summed E-state index contributed by atoms with van der Waals surface area (Å²) >= 11 is 0. The van der Waals surface area contributed by atoms with E-state index in [4.69, 9.17) is 0 Å². The molecule has 0 aromatic carbocycles. The number of rotatable bonds is 4. The molecule has 0 bridgehead atoms. The van der Waals surface area contributed by atoms with Crippen molar-refractivity contribution in [2.75, 3.05) is 0 Å². The summed E-state index contributed by atoms with van der Waals surface area (Å²) < 4.78 is 0. The van der Waals surface area contributed by atoms with Crippen molar-refractivity contribution in [3.8, 4) is 0 Å². The first kappa shape index (κ1) is 14.0. The van der Waals surface area contributed by atoms with Gasteiger partial charge >= 0.3 is 0 Å². The summed E-state index contributed by atoms with van der Waals surface area (Å²) in [5, 5.41) is 0. The van der Waals surface area contributed by atoms with E-state index in [0.29, 0.717) is 11.1 Å². The first-order valence-electron chi connectivity index (χ1n) is 5.74. The van der Waals surface area contributed by atoms with Gasteiger partial charge in [-0.2, -0.15) is 0 Å². The van der Waals surface area contributed by atoms with Crippen molar-refractivity contribution in [3.63, 3.8) is 0 Å². The normalized spacial score (nSPS) is 20.4. The lowest BCUT2D eigenvalue weighted by Crippen LogP contribution is -2.21. The lowest BCUT2D eigenvalue weighted by atomic mass is 9.54. The zero-order chi connectivity index (χ0) is 13.5. The van der Waals surface area contributed by atoms with E-state index in [-0.39, 0.29) is 5.78 Å². The zero-order valence-corrected chi connectivity index (χ0v) is 10.6. The highest BCUT2D eigenvalue weighted by molar-refractivity contribution is 6.61. The number of Topliss-reactive ketones (excluding diaryl/α,β-unsaturated/α-hetero) is 1. The molecule has 0 spiro atoms. The second-order valence-corrected chi connectivity index (χ2v) is 3.72. The molecule has 1 aliphatic rings. The van der Waals surface area contributed by atoms with Crippen LogP contribution in [0.15, 0.2) is 84.4 Å². The van der Waals surface area contributed by atoms with Gasteiger partial charge in [0.2, 0.25) is 0 Å². The molecule has 1 heterocycles. The Labute approximate surface area is 110 Å². The smallest absolute Gasteiger partial charge is 0.193 e. The highest BCUT2D eigenvalue weighted by Crippen LogP contribution is 2.26. The molecule has 0 aliphatic carbocycles. The lowest BCUT2D eigenvalue weighted by Gasteiger charge is -2.19. The Kier molecular flexibility index (Phi) is 5.13. The van der Waals surface area contributed by atoms with Crippen molar-refractivity contribution < 1.29 is 4.79 Å². The van der Waals surface area contributed by atoms with Crippen LogP contribution in [0.5, 0.6) is 0 Å². The molecule has 1 radical (unpaired) electrons. The van der Waals surface area contributed by atoms with Crippen LogP contribution in [0.3, 0.4) is 0 Å². The van der Waals surface area contributed by atoms with E-state index < -0.39 is 0 Å². The molecule has 1 nitrogen and oxygen atoms in total. The summed E-state index contributed by atoms with van der Waals surface area (Å²) in [5.74, 6) is -0.0153. The van der Waals surface area contributed by atoms with E-state index in [1.54, 1.807) is 30.4 Å². The van der Waals surface area contributed by atoms with Crippen molar-refractivity contribution >= 4 is 13.1 Å². The van der Waals surface area contributed by atoms with Gasteiger partial charge in [-0.1, -0.05) is 73.2 Å². The maximum Gasteiger partial charge on any atom is 0.193 e. The molecule has 89 valence electrons. The minimum absolute atomic E-state index is 0.0153. The molecule has 0 amide bonds. The Hall–Kier alpha value is -2.09. The molecule has 2 heteroatoms. The van der Waals surface area contributed by atoms with Gasteiger partial charge in [-0.15, -0.1) is 0 Å². The van der Waals surface area contributed by atoms with E-state index in [1.165, 1.54) is 0 Å². The third-order valence-electron chi connectivity index (χ3n) is 2.56. The Bertz CT molecular complexity index is 513. The maximum atomic E-state index is 12.4. The fraction of sp³-hybridized carbons (Fsp3) is 0.0625.